The molecular weight excluding hydrogens is 278 g/mol. The minimum Gasteiger partial charge on any atom is -0.461 e. The molecule has 114 valence electrons. The van der Waals surface area contributed by atoms with Gasteiger partial charge in [0.2, 0.25) is 0 Å². The summed E-state index contributed by atoms with van der Waals surface area (Å²) >= 11 is 0. The Kier molecular flexibility index (Phi) is 4.70. The van der Waals surface area contributed by atoms with Crippen molar-refractivity contribution in [3.05, 3.63) is 35.4 Å². The summed E-state index contributed by atoms with van der Waals surface area (Å²) in [6, 6.07) is 3.29. The van der Waals surface area contributed by atoms with Crippen LogP contribution in [0.4, 0.5) is 8.78 Å². The molecule has 0 amide bonds. The molecule has 0 bridgehead atoms. The molecule has 0 aromatic heterocycles. The Hall–Kier alpha value is -1.78. The summed E-state index contributed by atoms with van der Waals surface area (Å²) in [6.07, 6.45) is 0.221. The van der Waals surface area contributed by atoms with Crippen molar-refractivity contribution in [1.82, 2.24) is 0 Å². The van der Waals surface area contributed by atoms with Crippen molar-refractivity contribution in [3.8, 4) is 0 Å². The van der Waals surface area contributed by atoms with Crippen LogP contribution in [0.5, 0.6) is 0 Å². The van der Waals surface area contributed by atoms with Crippen molar-refractivity contribution in [2.75, 3.05) is 0 Å². The number of rotatable bonds is 4. The van der Waals surface area contributed by atoms with Crippen molar-refractivity contribution >= 4 is 11.8 Å². The molecule has 1 aromatic carbocycles. The summed E-state index contributed by atoms with van der Waals surface area (Å²) in [6.45, 7) is 3.78. The summed E-state index contributed by atoms with van der Waals surface area (Å²) in [5.74, 6) is -2.76. The highest BCUT2D eigenvalue weighted by Crippen LogP contribution is 2.26. The van der Waals surface area contributed by atoms with E-state index in [9.17, 15) is 18.4 Å². The zero-order chi connectivity index (χ0) is 15.6. The van der Waals surface area contributed by atoms with Gasteiger partial charge < -0.3 is 4.74 Å². The molecule has 2 rings (SSSR count). The molecule has 0 N–H and O–H groups in total. The van der Waals surface area contributed by atoms with Gasteiger partial charge in [0.25, 0.3) is 0 Å². The summed E-state index contributed by atoms with van der Waals surface area (Å²) in [4.78, 5) is 23.9. The quantitative estimate of drug-likeness (QED) is 0.633. The number of halogens is 2. The molecule has 5 heteroatoms. The van der Waals surface area contributed by atoms with E-state index in [2.05, 4.69) is 0 Å². The van der Waals surface area contributed by atoms with Crippen LogP contribution in [0, 0.1) is 23.5 Å². The topological polar surface area (TPSA) is 43.4 Å². The van der Waals surface area contributed by atoms with Crippen LogP contribution in [0.1, 0.15) is 32.3 Å². The Bertz CT molecular complexity index is 536. The molecule has 3 nitrogen and oxygen atoms in total. The maximum atomic E-state index is 13.5. The van der Waals surface area contributed by atoms with E-state index in [0.29, 0.717) is 5.56 Å². The van der Waals surface area contributed by atoms with Gasteiger partial charge in [-0.25, -0.2) is 8.78 Å². The lowest BCUT2D eigenvalue weighted by atomic mass is 9.87. The fourth-order valence-electron chi connectivity index (χ4n) is 2.42. The minimum atomic E-state index is -0.843. The van der Waals surface area contributed by atoms with Crippen molar-refractivity contribution in [3.63, 3.8) is 0 Å². The molecule has 0 saturated carbocycles. The van der Waals surface area contributed by atoms with E-state index in [4.69, 9.17) is 4.74 Å². The number of ether oxygens (including phenoxy) is 1. The van der Waals surface area contributed by atoms with E-state index < -0.39 is 23.5 Å². The minimum absolute atomic E-state index is 0.0911. The first-order valence-corrected chi connectivity index (χ1v) is 7.05. The number of Topliss-reactive ketones (excluding diaryl/α,β-unsaturated/α-hetero) is 1. The van der Waals surface area contributed by atoms with E-state index in [-0.39, 0.29) is 37.1 Å². The van der Waals surface area contributed by atoms with Gasteiger partial charge in [-0.05, 0) is 30.4 Å². The second kappa shape index (κ2) is 6.33. The average molecular weight is 296 g/mol. The molecular formula is C16H18F2O3. The van der Waals surface area contributed by atoms with Gasteiger partial charge in [-0.3, -0.25) is 9.59 Å². The Morgan fingerprint density at radius 3 is 2.57 bits per heavy atom. The molecule has 1 aromatic rings. The lowest BCUT2D eigenvalue weighted by Crippen LogP contribution is -2.40. The Morgan fingerprint density at radius 2 is 2.00 bits per heavy atom. The number of ketones is 1. The molecule has 0 spiro atoms. The van der Waals surface area contributed by atoms with E-state index >= 15 is 0 Å². The number of carbonyl (C=O) groups excluding carboxylic acids is 2. The molecule has 0 radical (unpaired) electrons. The van der Waals surface area contributed by atoms with Gasteiger partial charge in [0.1, 0.15) is 23.7 Å². The third-order valence-electron chi connectivity index (χ3n) is 3.80. The monoisotopic (exact) mass is 296 g/mol. The zero-order valence-corrected chi connectivity index (χ0v) is 12.1. The molecule has 2 unspecified atom stereocenters. The van der Waals surface area contributed by atoms with Crippen LogP contribution in [0.15, 0.2) is 18.2 Å². The summed E-state index contributed by atoms with van der Waals surface area (Å²) in [5.41, 5.74) is 0.294. The van der Waals surface area contributed by atoms with Crippen LogP contribution < -0.4 is 0 Å². The van der Waals surface area contributed by atoms with Crippen LogP contribution in [-0.4, -0.2) is 17.9 Å². The highest BCUT2D eigenvalue weighted by atomic mass is 19.1. The van der Waals surface area contributed by atoms with E-state index in [1.165, 1.54) is 6.07 Å². The van der Waals surface area contributed by atoms with Crippen molar-refractivity contribution < 1.29 is 23.1 Å². The van der Waals surface area contributed by atoms with Crippen molar-refractivity contribution in [2.45, 2.75) is 39.2 Å². The van der Waals surface area contributed by atoms with Gasteiger partial charge in [-0.15, -0.1) is 0 Å². The summed E-state index contributed by atoms with van der Waals surface area (Å²) in [5, 5.41) is 0. The summed E-state index contributed by atoms with van der Waals surface area (Å²) < 4.78 is 31.6. The van der Waals surface area contributed by atoms with Gasteiger partial charge in [0.15, 0.2) is 5.78 Å². The standard InChI is InChI=1S/C16H18F2O3/c1-9(2)15-8-14(19)12(16(20)21-15)6-4-10-3-5-11(17)7-13(10)18/h3,5,7,9,12,15H,4,6,8H2,1-2H3. The number of esters is 1. The molecule has 0 aliphatic carbocycles. The largest absolute Gasteiger partial charge is 0.461 e. The van der Waals surface area contributed by atoms with E-state index in [1.807, 2.05) is 13.8 Å². The molecule has 1 fully saturated rings. The lowest BCUT2D eigenvalue weighted by Gasteiger charge is -2.29. The molecule has 21 heavy (non-hydrogen) atoms. The van der Waals surface area contributed by atoms with Gasteiger partial charge >= 0.3 is 5.97 Å². The molecule has 1 saturated heterocycles. The predicted molar refractivity (Wildman–Crippen MR) is 72.5 cm³/mol. The highest BCUT2D eigenvalue weighted by Gasteiger charge is 2.37. The predicted octanol–water partition coefficient (Wildman–Crippen LogP) is 3.05. The summed E-state index contributed by atoms with van der Waals surface area (Å²) in [7, 11) is 0. The smallest absolute Gasteiger partial charge is 0.316 e. The van der Waals surface area contributed by atoms with Crippen LogP contribution in [0.3, 0.4) is 0 Å². The second-order valence-electron chi connectivity index (χ2n) is 5.72. The average Bonchev–Trinajstić information content (AvgIpc) is 2.39. The number of cyclic esters (lactones) is 1. The number of carbonyl (C=O) groups is 2. The van der Waals surface area contributed by atoms with Gasteiger partial charge in [-0.1, -0.05) is 19.9 Å². The molecule has 1 heterocycles. The maximum Gasteiger partial charge on any atom is 0.316 e. The highest BCUT2D eigenvalue weighted by molar-refractivity contribution is 6.01. The Labute approximate surface area is 122 Å². The molecule has 2 atom stereocenters. The number of hydrogen-bond donors (Lipinski definition) is 0. The van der Waals surface area contributed by atoms with E-state index in [0.717, 1.165) is 12.1 Å². The first-order chi connectivity index (χ1) is 9.88. The second-order valence-corrected chi connectivity index (χ2v) is 5.72. The van der Waals surface area contributed by atoms with Crippen LogP contribution in [0.2, 0.25) is 0 Å². The molecule has 1 aliphatic rings. The number of aryl methyl sites for hydroxylation is 1. The fourth-order valence-corrected chi connectivity index (χ4v) is 2.42. The molecule has 1 aliphatic heterocycles. The number of hydrogen-bond acceptors (Lipinski definition) is 3. The van der Waals surface area contributed by atoms with Gasteiger partial charge in [-0.2, -0.15) is 0 Å². The normalized spacial score (nSPS) is 22.5. The van der Waals surface area contributed by atoms with Gasteiger partial charge in [0, 0.05) is 12.5 Å². The SMILES string of the molecule is CC(C)C1CC(=O)C(CCc2ccc(F)cc2F)C(=O)O1. The Balaban J connectivity index is 2.00. The zero-order valence-electron chi connectivity index (χ0n) is 12.1. The third kappa shape index (κ3) is 3.65. The van der Waals surface area contributed by atoms with Crippen LogP contribution in [0.25, 0.3) is 0 Å². The fraction of sp³-hybridized carbons (Fsp3) is 0.500. The van der Waals surface area contributed by atoms with Crippen molar-refractivity contribution in [2.24, 2.45) is 11.8 Å². The van der Waals surface area contributed by atoms with Crippen molar-refractivity contribution in [1.29, 1.82) is 0 Å². The number of benzene rings is 1. The maximum absolute atomic E-state index is 13.5. The van der Waals surface area contributed by atoms with Crippen LogP contribution >= 0.6 is 0 Å². The lowest BCUT2D eigenvalue weighted by molar-refractivity contribution is -0.167. The third-order valence-corrected chi connectivity index (χ3v) is 3.80. The first-order valence-electron chi connectivity index (χ1n) is 7.05. The first kappa shape index (κ1) is 15.6. The van der Waals surface area contributed by atoms with Crippen LogP contribution in [-0.2, 0) is 20.7 Å². The van der Waals surface area contributed by atoms with E-state index in [1.54, 1.807) is 0 Å². The Morgan fingerprint density at radius 1 is 1.29 bits per heavy atom. The van der Waals surface area contributed by atoms with Gasteiger partial charge in [0.05, 0.1) is 0 Å².